The Morgan fingerprint density at radius 2 is 1.51 bits per heavy atom. The molecular weight excluding hydrogens is 639 g/mol. The molecule has 51 heavy (non-hydrogen) atoms. The van der Waals surface area contributed by atoms with Crippen LogP contribution in [0.3, 0.4) is 0 Å². The molecule has 248 valence electrons. The molecule has 0 radical (unpaired) electrons. The second-order valence-electron chi connectivity index (χ2n) is 15.4. The summed E-state index contributed by atoms with van der Waals surface area (Å²) in [5, 5.41) is 4.50. The molecule has 7 aromatic rings. The molecular formula is C47H40N3S+. The first kappa shape index (κ1) is 29.7. The Balaban J connectivity index is 1.05. The largest absolute Gasteiger partial charge is 0.310 e. The van der Waals surface area contributed by atoms with E-state index in [0.717, 1.165) is 12.8 Å². The number of nitrogens with zero attached hydrogens (tertiary/aromatic N) is 2. The van der Waals surface area contributed by atoms with Crippen LogP contribution in [0.2, 0.25) is 0 Å². The van der Waals surface area contributed by atoms with Crippen molar-refractivity contribution >= 4 is 45.3 Å². The van der Waals surface area contributed by atoms with Gasteiger partial charge in [-0.25, -0.2) is 0 Å². The highest BCUT2D eigenvalue weighted by atomic mass is 32.2. The van der Waals surface area contributed by atoms with E-state index in [-0.39, 0.29) is 5.41 Å². The Morgan fingerprint density at radius 3 is 2.41 bits per heavy atom. The SMILES string of the molecule is CC1CC=Cc2c1c1ccccc1n2-c1cccc(C2=C[NH+]2n2c3c(c4cc(-c5ccccc5)ccc42)C2Sc4ccccc4C2(C)CC3C)c1. The highest BCUT2D eigenvalue weighted by molar-refractivity contribution is 8.00. The van der Waals surface area contributed by atoms with E-state index in [4.69, 9.17) is 0 Å². The van der Waals surface area contributed by atoms with E-state index >= 15 is 0 Å². The summed E-state index contributed by atoms with van der Waals surface area (Å²) in [6.07, 6.45) is 9.35. The summed E-state index contributed by atoms with van der Waals surface area (Å²) in [4.78, 5) is 1.45. The fourth-order valence-corrected chi connectivity index (χ4v) is 11.7. The molecule has 2 aromatic heterocycles. The van der Waals surface area contributed by atoms with Crippen LogP contribution < -0.4 is 5.01 Å². The van der Waals surface area contributed by atoms with Crippen molar-refractivity contribution in [3.05, 3.63) is 167 Å². The molecule has 1 N–H and O–H groups in total. The first-order valence-corrected chi connectivity index (χ1v) is 19.4. The Kier molecular flexibility index (Phi) is 6.25. The number of quaternary nitrogens is 1. The number of para-hydroxylation sites is 1. The van der Waals surface area contributed by atoms with Crippen LogP contribution in [0.5, 0.6) is 0 Å². The Bertz CT molecular complexity index is 2640. The van der Waals surface area contributed by atoms with Crippen molar-refractivity contribution in [3.63, 3.8) is 0 Å². The van der Waals surface area contributed by atoms with Crippen LogP contribution in [0.15, 0.2) is 138 Å². The molecule has 5 aromatic carbocycles. The van der Waals surface area contributed by atoms with Crippen molar-refractivity contribution < 1.29 is 5.01 Å². The molecule has 0 spiro atoms. The zero-order valence-electron chi connectivity index (χ0n) is 29.2. The summed E-state index contributed by atoms with van der Waals surface area (Å²) in [7, 11) is 0. The summed E-state index contributed by atoms with van der Waals surface area (Å²) < 4.78 is 5.13. The van der Waals surface area contributed by atoms with E-state index in [1.165, 1.54) is 87.9 Å². The minimum atomic E-state index is 0.0962. The van der Waals surface area contributed by atoms with Gasteiger partial charge in [-0.1, -0.05) is 106 Å². The molecule has 0 saturated heterocycles. The fraction of sp³-hybridized carbons (Fsp3) is 0.191. The number of aromatic nitrogens is 2. The van der Waals surface area contributed by atoms with E-state index in [1.54, 1.807) is 0 Å². The number of hydrogen-bond acceptors (Lipinski definition) is 1. The highest BCUT2D eigenvalue weighted by Gasteiger charge is 2.53. The van der Waals surface area contributed by atoms with E-state index in [9.17, 15) is 0 Å². The lowest BCUT2D eigenvalue weighted by Crippen LogP contribution is -2.96. The van der Waals surface area contributed by atoms with Gasteiger partial charge in [-0.15, -0.1) is 11.8 Å². The lowest BCUT2D eigenvalue weighted by atomic mass is 9.66. The van der Waals surface area contributed by atoms with Gasteiger partial charge in [-0.2, -0.15) is 9.69 Å². The molecule has 4 heterocycles. The summed E-state index contributed by atoms with van der Waals surface area (Å²) in [5.74, 6) is 0.928. The van der Waals surface area contributed by atoms with Crippen molar-refractivity contribution in [2.75, 3.05) is 0 Å². The Morgan fingerprint density at radius 1 is 0.706 bits per heavy atom. The molecule has 11 rings (SSSR count). The minimum Gasteiger partial charge on any atom is -0.310 e. The zero-order chi connectivity index (χ0) is 34.0. The molecule has 0 fully saturated rings. The van der Waals surface area contributed by atoms with Gasteiger partial charge in [0.05, 0.1) is 11.2 Å². The topological polar surface area (TPSA) is 14.3 Å². The lowest BCUT2D eigenvalue weighted by molar-refractivity contribution is -0.760. The standard InChI is InChI=1S/C47H39N3S/c1-29-13-11-21-40-43(29)35-18-7-9-20-38(35)49(40)34-17-12-16-33(25-34)41-28-48(41)50-39-24-23-32(31-14-5-4-6-15-31)26-36(39)44-45(50)30(2)27-47(3)37-19-8-10-22-42(37)51-46(44)47/h4-12,14-26,28-30,46H,13,27H2,1-3H3/p+1. The summed E-state index contributed by atoms with van der Waals surface area (Å²) >= 11 is 2.09. The third-order valence-corrected chi connectivity index (χ3v) is 13.9. The van der Waals surface area contributed by atoms with E-state index < -0.39 is 0 Å². The molecule has 2 aliphatic carbocycles. The number of rotatable bonds is 4. The van der Waals surface area contributed by atoms with Crippen LogP contribution in [-0.2, 0) is 5.41 Å². The van der Waals surface area contributed by atoms with Gasteiger partial charge in [0.1, 0.15) is 5.52 Å². The number of thioether (sulfide) groups is 1. The van der Waals surface area contributed by atoms with Crippen LogP contribution in [0.1, 0.15) is 84.3 Å². The minimum absolute atomic E-state index is 0.0962. The molecule has 4 heteroatoms. The average Bonchev–Trinajstić information content (AvgIpc) is 3.65. The van der Waals surface area contributed by atoms with E-state index in [0.29, 0.717) is 17.1 Å². The van der Waals surface area contributed by atoms with Gasteiger partial charge in [0.15, 0.2) is 6.20 Å². The fourth-order valence-electron chi connectivity index (χ4n) is 10.0. The zero-order valence-corrected chi connectivity index (χ0v) is 30.0. The summed E-state index contributed by atoms with van der Waals surface area (Å²) in [6.45, 7) is 7.36. The van der Waals surface area contributed by atoms with Gasteiger partial charge >= 0.3 is 0 Å². The molecule has 0 saturated carbocycles. The van der Waals surface area contributed by atoms with Crippen molar-refractivity contribution in [2.45, 2.75) is 61.0 Å². The normalized spacial score (nSPS) is 24.3. The molecule has 5 atom stereocenters. The van der Waals surface area contributed by atoms with Crippen LogP contribution in [0.25, 0.3) is 50.4 Å². The number of allylic oxidation sites excluding steroid dienone is 1. The third kappa shape index (κ3) is 4.18. The van der Waals surface area contributed by atoms with Crippen LogP contribution >= 0.6 is 11.8 Å². The first-order valence-electron chi connectivity index (χ1n) is 18.5. The molecule has 0 bridgehead atoms. The number of hydrogen-bond donors (Lipinski definition) is 1. The van der Waals surface area contributed by atoms with Crippen molar-refractivity contribution in [2.24, 2.45) is 0 Å². The second-order valence-corrected chi connectivity index (χ2v) is 16.6. The van der Waals surface area contributed by atoms with Crippen LogP contribution in [0, 0.1) is 0 Å². The van der Waals surface area contributed by atoms with Crippen molar-refractivity contribution in [1.29, 1.82) is 0 Å². The Labute approximate surface area is 303 Å². The maximum absolute atomic E-state index is 2.65. The smallest absolute Gasteiger partial charge is 0.224 e. The molecule has 4 aliphatic rings. The highest BCUT2D eigenvalue weighted by Crippen LogP contribution is 2.65. The predicted octanol–water partition coefficient (Wildman–Crippen LogP) is 11.0. The van der Waals surface area contributed by atoms with Crippen LogP contribution in [0.4, 0.5) is 0 Å². The van der Waals surface area contributed by atoms with Crippen LogP contribution in [-0.4, -0.2) is 9.24 Å². The van der Waals surface area contributed by atoms with E-state index in [2.05, 4.69) is 181 Å². The molecule has 2 aliphatic heterocycles. The third-order valence-electron chi connectivity index (χ3n) is 12.3. The van der Waals surface area contributed by atoms with Crippen molar-refractivity contribution in [1.82, 2.24) is 9.24 Å². The number of fused-ring (bicyclic) bond motifs is 10. The molecule has 5 unspecified atom stereocenters. The summed E-state index contributed by atoms with van der Waals surface area (Å²) in [5.41, 5.74) is 16.5. The average molecular weight is 679 g/mol. The monoisotopic (exact) mass is 678 g/mol. The maximum Gasteiger partial charge on any atom is 0.224 e. The second kappa shape index (κ2) is 10.7. The number of nitrogens with one attached hydrogen (secondary N) is 1. The van der Waals surface area contributed by atoms with Gasteiger partial charge in [-0.3, -0.25) is 0 Å². The van der Waals surface area contributed by atoms with Crippen molar-refractivity contribution in [3.8, 4) is 16.8 Å². The first-order chi connectivity index (χ1) is 25.0. The summed E-state index contributed by atoms with van der Waals surface area (Å²) in [6, 6.07) is 45.4. The van der Waals surface area contributed by atoms with Gasteiger partial charge in [0.25, 0.3) is 0 Å². The van der Waals surface area contributed by atoms with Gasteiger partial charge in [0, 0.05) is 54.8 Å². The lowest BCUT2D eigenvalue weighted by Gasteiger charge is -2.39. The molecule has 3 nitrogen and oxygen atoms in total. The predicted molar refractivity (Wildman–Crippen MR) is 212 cm³/mol. The quantitative estimate of drug-likeness (QED) is 0.196. The number of benzene rings is 5. The molecule has 0 amide bonds. The van der Waals surface area contributed by atoms with Gasteiger partial charge < -0.3 is 4.57 Å². The van der Waals surface area contributed by atoms with E-state index in [1.807, 2.05) is 0 Å². The van der Waals surface area contributed by atoms with Gasteiger partial charge in [0.2, 0.25) is 5.70 Å². The Hall–Kier alpha value is -5.03. The maximum atomic E-state index is 2.65. The van der Waals surface area contributed by atoms with Gasteiger partial charge in [-0.05, 0) is 89.6 Å².